The van der Waals surface area contributed by atoms with E-state index in [2.05, 4.69) is 19.2 Å². The fourth-order valence-corrected chi connectivity index (χ4v) is 1.80. The van der Waals surface area contributed by atoms with E-state index in [0.29, 0.717) is 25.1 Å². The zero-order valence-electron chi connectivity index (χ0n) is 12.8. The Balaban J connectivity index is 4.27. The summed E-state index contributed by atoms with van der Waals surface area (Å²) >= 11 is 0. The van der Waals surface area contributed by atoms with Crippen molar-refractivity contribution in [1.29, 1.82) is 0 Å². The van der Waals surface area contributed by atoms with Crippen LogP contribution in [0.25, 0.3) is 0 Å². The fourth-order valence-electron chi connectivity index (χ4n) is 1.80. The lowest BCUT2D eigenvalue weighted by Gasteiger charge is -2.18. The van der Waals surface area contributed by atoms with E-state index in [9.17, 15) is 10.1 Å². The van der Waals surface area contributed by atoms with Crippen LogP contribution in [0.3, 0.4) is 0 Å². The van der Waals surface area contributed by atoms with Gasteiger partial charge >= 0.3 is 0 Å². The molecule has 20 heavy (non-hydrogen) atoms. The van der Waals surface area contributed by atoms with Crippen LogP contribution in [-0.2, 0) is 4.74 Å². The van der Waals surface area contributed by atoms with E-state index in [1.165, 1.54) is 12.2 Å². The van der Waals surface area contributed by atoms with Crippen LogP contribution in [0.15, 0.2) is 36.1 Å². The summed E-state index contributed by atoms with van der Waals surface area (Å²) in [7, 11) is 1.69. The zero-order chi connectivity index (χ0) is 15.4. The second-order valence-electron chi connectivity index (χ2n) is 4.97. The molecular weight excluding hydrogens is 256 g/mol. The van der Waals surface area contributed by atoms with Crippen molar-refractivity contribution in [3.63, 3.8) is 0 Å². The third kappa shape index (κ3) is 9.47. The zero-order valence-corrected chi connectivity index (χ0v) is 12.8. The van der Waals surface area contributed by atoms with E-state index in [1.54, 1.807) is 26.2 Å². The molecule has 0 rings (SSSR count). The Labute approximate surface area is 121 Å². The molecule has 5 nitrogen and oxygen atoms in total. The van der Waals surface area contributed by atoms with E-state index in [1.807, 2.05) is 6.08 Å². The molecule has 5 heteroatoms. The largest absolute Gasteiger partial charge is 0.383 e. The van der Waals surface area contributed by atoms with E-state index in [4.69, 9.17) is 4.74 Å². The van der Waals surface area contributed by atoms with Crippen LogP contribution < -0.4 is 5.32 Å². The van der Waals surface area contributed by atoms with Crippen molar-refractivity contribution in [2.24, 2.45) is 5.92 Å². The van der Waals surface area contributed by atoms with Gasteiger partial charge in [0.1, 0.15) is 0 Å². The van der Waals surface area contributed by atoms with Gasteiger partial charge in [-0.15, -0.1) is 0 Å². The maximum absolute atomic E-state index is 10.7. The van der Waals surface area contributed by atoms with Gasteiger partial charge in [-0.25, -0.2) is 0 Å². The molecule has 1 unspecified atom stereocenters. The average Bonchev–Trinajstić information content (AvgIpc) is 2.36. The Morgan fingerprint density at radius 1 is 1.45 bits per heavy atom. The first kappa shape index (κ1) is 18.5. The number of nitrogens with zero attached hydrogens (tertiary/aromatic N) is 1. The molecular formula is C15H26N2O3. The van der Waals surface area contributed by atoms with Crippen LogP contribution in [0.4, 0.5) is 0 Å². The second kappa shape index (κ2) is 11.4. The quantitative estimate of drug-likeness (QED) is 0.380. The topological polar surface area (TPSA) is 64.4 Å². The summed E-state index contributed by atoms with van der Waals surface area (Å²) in [6.07, 6.45) is 9.23. The number of methoxy groups -OCH3 is 1. The van der Waals surface area contributed by atoms with Crippen molar-refractivity contribution >= 4 is 0 Å². The van der Waals surface area contributed by atoms with Gasteiger partial charge in [-0.3, -0.25) is 10.1 Å². The molecule has 0 aromatic rings. The normalized spacial score (nSPS) is 14.6. The van der Waals surface area contributed by atoms with Gasteiger partial charge in [0.25, 0.3) is 5.70 Å². The summed E-state index contributed by atoms with van der Waals surface area (Å²) in [6, 6.07) is 0.305. The Kier molecular flexibility index (Phi) is 10.5. The lowest BCUT2D eigenvalue weighted by Crippen LogP contribution is -2.34. The SMILES string of the molecule is C\C=C/C(=C\C=C\CNC(COC)CC(C)C)[N+](=O)[O-]. The second-order valence-corrected chi connectivity index (χ2v) is 4.97. The Morgan fingerprint density at radius 2 is 2.15 bits per heavy atom. The fraction of sp³-hybridized carbons (Fsp3) is 0.600. The van der Waals surface area contributed by atoms with Crippen LogP contribution >= 0.6 is 0 Å². The molecule has 0 bridgehead atoms. The number of hydrogen-bond acceptors (Lipinski definition) is 4. The molecule has 114 valence electrons. The first-order valence-corrected chi connectivity index (χ1v) is 6.87. The minimum Gasteiger partial charge on any atom is -0.383 e. The van der Waals surface area contributed by atoms with Crippen molar-refractivity contribution in [1.82, 2.24) is 5.32 Å². The highest BCUT2D eigenvalue weighted by Crippen LogP contribution is 2.04. The molecule has 0 aromatic carbocycles. The van der Waals surface area contributed by atoms with Crippen molar-refractivity contribution in [2.75, 3.05) is 20.3 Å². The van der Waals surface area contributed by atoms with E-state index in [0.717, 1.165) is 6.42 Å². The lowest BCUT2D eigenvalue weighted by atomic mass is 10.0. The number of allylic oxidation sites excluding steroid dienone is 4. The molecule has 0 aromatic heterocycles. The summed E-state index contributed by atoms with van der Waals surface area (Å²) < 4.78 is 5.17. The van der Waals surface area contributed by atoms with Crippen molar-refractivity contribution < 1.29 is 9.66 Å². The number of nitrogens with one attached hydrogen (secondary N) is 1. The molecule has 0 amide bonds. The van der Waals surface area contributed by atoms with Gasteiger partial charge in [0.15, 0.2) is 0 Å². The summed E-state index contributed by atoms with van der Waals surface area (Å²) in [5.41, 5.74) is 0.0828. The highest BCUT2D eigenvalue weighted by molar-refractivity contribution is 5.17. The van der Waals surface area contributed by atoms with E-state index in [-0.39, 0.29) is 5.70 Å². The van der Waals surface area contributed by atoms with E-state index >= 15 is 0 Å². The summed E-state index contributed by atoms with van der Waals surface area (Å²) in [5, 5.41) is 14.0. The van der Waals surface area contributed by atoms with E-state index < -0.39 is 4.92 Å². The molecule has 1 N–H and O–H groups in total. The van der Waals surface area contributed by atoms with Gasteiger partial charge in [0.2, 0.25) is 0 Å². The minimum atomic E-state index is -0.399. The monoisotopic (exact) mass is 282 g/mol. The number of hydrogen-bond donors (Lipinski definition) is 1. The Hall–Kier alpha value is -1.46. The van der Waals surface area contributed by atoms with Crippen LogP contribution in [0.2, 0.25) is 0 Å². The molecule has 0 saturated carbocycles. The van der Waals surface area contributed by atoms with Crippen LogP contribution in [0, 0.1) is 16.0 Å². The Morgan fingerprint density at radius 3 is 2.65 bits per heavy atom. The smallest absolute Gasteiger partial charge is 0.269 e. The van der Waals surface area contributed by atoms with Gasteiger partial charge < -0.3 is 10.1 Å². The highest BCUT2D eigenvalue weighted by atomic mass is 16.6. The van der Waals surface area contributed by atoms with Gasteiger partial charge in [-0.1, -0.05) is 32.1 Å². The van der Waals surface area contributed by atoms with Crippen LogP contribution in [-0.4, -0.2) is 31.2 Å². The predicted octanol–water partition coefficient (Wildman–Crippen LogP) is 2.93. The summed E-state index contributed by atoms with van der Waals surface area (Å²) in [5.74, 6) is 0.599. The van der Waals surface area contributed by atoms with Crippen molar-refractivity contribution in [3.8, 4) is 0 Å². The number of nitro groups is 1. The molecule has 0 fully saturated rings. The highest BCUT2D eigenvalue weighted by Gasteiger charge is 2.08. The molecule has 0 aliphatic rings. The molecule has 0 saturated heterocycles. The Bertz CT molecular complexity index is 360. The molecule has 0 aliphatic heterocycles. The first-order chi connectivity index (χ1) is 9.51. The van der Waals surface area contributed by atoms with Crippen LogP contribution in [0.5, 0.6) is 0 Å². The van der Waals surface area contributed by atoms with Gasteiger partial charge in [0.05, 0.1) is 11.5 Å². The average molecular weight is 282 g/mol. The van der Waals surface area contributed by atoms with Gasteiger partial charge in [0, 0.05) is 31.8 Å². The lowest BCUT2D eigenvalue weighted by molar-refractivity contribution is -0.419. The maximum atomic E-state index is 10.7. The maximum Gasteiger partial charge on any atom is 0.269 e. The predicted molar refractivity (Wildman–Crippen MR) is 82.2 cm³/mol. The van der Waals surface area contributed by atoms with Crippen molar-refractivity contribution in [2.45, 2.75) is 33.2 Å². The number of ether oxygens (including phenoxy) is 1. The third-order valence-electron chi connectivity index (χ3n) is 2.60. The molecule has 1 atom stereocenters. The summed E-state index contributed by atoms with van der Waals surface area (Å²) in [6.45, 7) is 7.43. The number of rotatable bonds is 10. The molecule has 0 spiro atoms. The minimum absolute atomic E-state index is 0.0828. The molecule has 0 heterocycles. The first-order valence-electron chi connectivity index (χ1n) is 6.87. The van der Waals surface area contributed by atoms with Gasteiger partial charge in [-0.05, 0) is 19.3 Å². The standard InChI is InChI=1S/C15H26N2O3/c1-5-8-15(17(18)19)9-6-7-10-16-14(12-20-4)11-13(2)3/h5-9,13-14,16H,10-12H2,1-4H3/b7-6+,8-5-,15-9+. The van der Waals surface area contributed by atoms with Crippen molar-refractivity contribution in [3.05, 3.63) is 46.2 Å². The van der Waals surface area contributed by atoms with Gasteiger partial charge in [-0.2, -0.15) is 0 Å². The molecule has 0 aliphatic carbocycles. The molecule has 0 radical (unpaired) electrons. The van der Waals surface area contributed by atoms with Crippen LogP contribution in [0.1, 0.15) is 27.2 Å². The summed E-state index contributed by atoms with van der Waals surface area (Å²) in [4.78, 5) is 10.3. The third-order valence-corrected chi connectivity index (χ3v) is 2.60.